The molecule has 1 atom stereocenters. The second-order valence-corrected chi connectivity index (χ2v) is 4.82. The first kappa shape index (κ1) is 12.8. The van der Waals surface area contributed by atoms with E-state index in [1.54, 1.807) is 11.8 Å². The summed E-state index contributed by atoms with van der Waals surface area (Å²) in [5.74, 6) is -0.0588. The quantitative estimate of drug-likeness (QED) is 0.747. The van der Waals surface area contributed by atoms with E-state index in [1.165, 1.54) is 0 Å². The molecule has 1 unspecified atom stereocenters. The molecule has 0 heterocycles. The molecule has 1 N–H and O–H groups in total. The lowest BCUT2D eigenvalue weighted by Gasteiger charge is -2.24. The van der Waals surface area contributed by atoms with Gasteiger partial charge in [-0.3, -0.25) is 0 Å². The zero-order chi connectivity index (χ0) is 10.5. The van der Waals surface area contributed by atoms with Crippen molar-refractivity contribution in [3.05, 3.63) is 0 Å². The summed E-state index contributed by atoms with van der Waals surface area (Å²) >= 11 is 1.63. The maximum Gasteiger partial charge on any atom is 0.332 e. The highest BCUT2D eigenvalue weighted by Crippen LogP contribution is 2.14. The topological polar surface area (TPSA) is 46.5 Å². The van der Waals surface area contributed by atoms with Gasteiger partial charge in [-0.25, -0.2) is 4.79 Å². The fourth-order valence-corrected chi connectivity index (χ4v) is 1.33. The molecule has 0 aliphatic carbocycles. The van der Waals surface area contributed by atoms with Crippen molar-refractivity contribution < 1.29 is 14.6 Å². The summed E-state index contributed by atoms with van der Waals surface area (Å²) in [5.41, 5.74) is -0.387. The van der Waals surface area contributed by atoms with Crippen LogP contribution in [0.4, 0.5) is 0 Å². The molecule has 0 fully saturated rings. The number of hydrogen-bond donors (Lipinski definition) is 1. The number of carboxylic acid groups (broad SMARTS) is 1. The van der Waals surface area contributed by atoms with Crippen molar-refractivity contribution >= 4 is 17.7 Å². The number of thioether (sulfide) groups is 1. The molecular formula is C9H18O3S. The van der Waals surface area contributed by atoms with E-state index in [4.69, 9.17) is 9.84 Å². The predicted octanol–water partition coefficient (Wildman–Crippen LogP) is 2.01. The largest absolute Gasteiger partial charge is 0.479 e. The van der Waals surface area contributed by atoms with Crippen LogP contribution in [0.2, 0.25) is 0 Å². The molecule has 3 nitrogen and oxygen atoms in total. The highest BCUT2D eigenvalue weighted by Gasteiger charge is 2.23. The van der Waals surface area contributed by atoms with Crippen LogP contribution in [-0.2, 0) is 9.53 Å². The minimum Gasteiger partial charge on any atom is -0.479 e. The Balaban J connectivity index is 4.03. The van der Waals surface area contributed by atoms with Gasteiger partial charge in [0, 0.05) is 0 Å². The summed E-state index contributed by atoms with van der Waals surface area (Å²) in [4.78, 5) is 10.7. The first-order valence-corrected chi connectivity index (χ1v) is 5.66. The highest BCUT2D eigenvalue weighted by molar-refractivity contribution is 7.98. The summed E-state index contributed by atoms with van der Waals surface area (Å²) in [6, 6.07) is 0. The van der Waals surface area contributed by atoms with Gasteiger partial charge in [0.1, 0.15) is 0 Å². The Kier molecular flexibility index (Phi) is 5.40. The maximum absolute atomic E-state index is 10.7. The number of hydrogen-bond acceptors (Lipinski definition) is 3. The SMILES string of the molecule is CSCCC(OC(C)(C)C)C(=O)O. The van der Waals surface area contributed by atoms with Gasteiger partial charge in [0.05, 0.1) is 5.60 Å². The van der Waals surface area contributed by atoms with Crippen molar-refractivity contribution in [1.29, 1.82) is 0 Å². The van der Waals surface area contributed by atoms with E-state index in [1.807, 2.05) is 27.0 Å². The summed E-state index contributed by atoms with van der Waals surface area (Å²) in [5, 5.41) is 8.83. The van der Waals surface area contributed by atoms with Crippen LogP contribution in [-0.4, -0.2) is 34.8 Å². The van der Waals surface area contributed by atoms with Crippen LogP contribution in [0, 0.1) is 0 Å². The Morgan fingerprint density at radius 3 is 2.38 bits per heavy atom. The minimum absolute atomic E-state index is 0.387. The van der Waals surface area contributed by atoms with Crippen molar-refractivity contribution in [3.63, 3.8) is 0 Å². The second kappa shape index (κ2) is 5.50. The Hall–Kier alpha value is -0.220. The molecule has 0 aliphatic rings. The Morgan fingerprint density at radius 1 is 1.54 bits per heavy atom. The van der Waals surface area contributed by atoms with Crippen molar-refractivity contribution in [2.24, 2.45) is 0 Å². The Bertz CT molecular complexity index is 163. The predicted molar refractivity (Wildman–Crippen MR) is 55.3 cm³/mol. The third-order valence-electron chi connectivity index (χ3n) is 1.36. The van der Waals surface area contributed by atoms with E-state index >= 15 is 0 Å². The van der Waals surface area contributed by atoms with Crippen LogP contribution in [0.1, 0.15) is 27.2 Å². The first-order chi connectivity index (χ1) is 5.87. The van der Waals surface area contributed by atoms with Crippen LogP contribution in [0.25, 0.3) is 0 Å². The van der Waals surface area contributed by atoms with E-state index < -0.39 is 12.1 Å². The van der Waals surface area contributed by atoms with E-state index in [2.05, 4.69) is 0 Å². The third-order valence-corrected chi connectivity index (χ3v) is 2.00. The molecular weight excluding hydrogens is 188 g/mol. The molecule has 0 radical (unpaired) electrons. The molecule has 0 aromatic rings. The number of carboxylic acids is 1. The van der Waals surface area contributed by atoms with Crippen LogP contribution >= 0.6 is 11.8 Å². The molecule has 78 valence electrons. The average Bonchev–Trinajstić information content (AvgIpc) is 1.95. The molecule has 0 rings (SSSR count). The lowest BCUT2D eigenvalue weighted by Crippen LogP contribution is -2.33. The van der Waals surface area contributed by atoms with Gasteiger partial charge in [-0.05, 0) is 39.2 Å². The lowest BCUT2D eigenvalue weighted by atomic mass is 10.1. The van der Waals surface area contributed by atoms with Gasteiger partial charge in [-0.15, -0.1) is 0 Å². The number of carbonyl (C=O) groups is 1. The lowest BCUT2D eigenvalue weighted by molar-refractivity contribution is -0.159. The molecule has 4 heteroatoms. The maximum atomic E-state index is 10.7. The van der Waals surface area contributed by atoms with Gasteiger partial charge in [-0.1, -0.05) is 0 Å². The van der Waals surface area contributed by atoms with Gasteiger partial charge >= 0.3 is 5.97 Å². The highest BCUT2D eigenvalue weighted by atomic mass is 32.2. The molecule has 0 aliphatic heterocycles. The monoisotopic (exact) mass is 206 g/mol. The van der Waals surface area contributed by atoms with Crippen molar-refractivity contribution in [2.75, 3.05) is 12.0 Å². The second-order valence-electron chi connectivity index (χ2n) is 3.84. The molecule has 0 saturated heterocycles. The van der Waals surface area contributed by atoms with E-state index in [-0.39, 0.29) is 5.60 Å². The molecule has 13 heavy (non-hydrogen) atoms. The van der Waals surface area contributed by atoms with Gasteiger partial charge in [0.2, 0.25) is 0 Å². The van der Waals surface area contributed by atoms with E-state index in [0.717, 1.165) is 5.75 Å². The number of ether oxygens (including phenoxy) is 1. The van der Waals surface area contributed by atoms with Gasteiger partial charge in [0.15, 0.2) is 6.10 Å². The van der Waals surface area contributed by atoms with Crippen LogP contribution in [0.3, 0.4) is 0 Å². The van der Waals surface area contributed by atoms with Gasteiger partial charge in [-0.2, -0.15) is 11.8 Å². The first-order valence-electron chi connectivity index (χ1n) is 4.26. The molecule has 0 bridgehead atoms. The van der Waals surface area contributed by atoms with Crippen LogP contribution < -0.4 is 0 Å². The summed E-state index contributed by atoms with van der Waals surface area (Å²) in [7, 11) is 0. The number of aliphatic carboxylic acids is 1. The average molecular weight is 206 g/mol. The third kappa shape index (κ3) is 6.90. The molecule has 0 amide bonds. The van der Waals surface area contributed by atoms with E-state index in [9.17, 15) is 4.79 Å². The minimum atomic E-state index is -0.871. The van der Waals surface area contributed by atoms with Crippen LogP contribution in [0.5, 0.6) is 0 Å². The van der Waals surface area contributed by atoms with Gasteiger partial charge in [0.25, 0.3) is 0 Å². The molecule has 0 saturated carbocycles. The fourth-order valence-electron chi connectivity index (χ4n) is 0.884. The van der Waals surface area contributed by atoms with Gasteiger partial charge < -0.3 is 9.84 Å². The molecule has 0 aromatic heterocycles. The zero-order valence-electron chi connectivity index (χ0n) is 8.66. The summed E-state index contributed by atoms with van der Waals surface area (Å²) in [6.45, 7) is 5.59. The van der Waals surface area contributed by atoms with E-state index in [0.29, 0.717) is 6.42 Å². The smallest absolute Gasteiger partial charge is 0.332 e. The normalized spacial score (nSPS) is 14.2. The Labute approximate surface area is 83.9 Å². The fraction of sp³-hybridized carbons (Fsp3) is 0.889. The standard InChI is InChI=1S/C9H18O3S/c1-9(2,3)12-7(8(10)11)5-6-13-4/h7H,5-6H2,1-4H3,(H,10,11). The van der Waals surface area contributed by atoms with Crippen molar-refractivity contribution in [1.82, 2.24) is 0 Å². The van der Waals surface area contributed by atoms with Crippen LogP contribution in [0.15, 0.2) is 0 Å². The van der Waals surface area contributed by atoms with Crippen molar-refractivity contribution in [2.45, 2.75) is 38.9 Å². The molecule has 0 spiro atoms. The molecule has 0 aromatic carbocycles. The summed E-state index contributed by atoms with van der Waals surface area (Å²) in [6.07, 6.45) is 1.84. The zero-order valence-corrected chi connectivity index (χ0v) is 9.48. The Morgan fingerprint density at radius 2 is 2.08 bits per heavy atom. The van der Waals surface area contributed by atoms with Crippen molar-refractivity contribution in [3.8, 4) is 0 Å². The number of rotatable bonds is 5. The summed E-state index contributed by atoms with van der Waals surface area (Å²) < 4.78 is 5.39.